The molecule has 0 aromatic heterocycles. The molecule has 0 saturated heterocycles. The van der Waals surface area contributed by atoms with Gasteiger partial charge in [-0.05, 0) is 56.7 Å². The molecule has 6 nitrogen and oxygen atoms in total. The molecule has 1 N–H and O–H groups in total. The molecular weight excluding hydrogens is 346 g/mol. The molecule has 0 heterocycles. The molecule has 1 fully saturated rings. The quantitative estimate of drug-likeness (QED) is 0.462. The number of amides is 1. The molecule has 0 aliphatic heterocycles. The molecule has 27 heavy (non-hydrogen) atoms. The predicted molar refractivity (Wildman–Crippen MR) is 104 cm³/mol. The summed E-state index contributed by atoms with van der Waals surface area (Å²) in [6.45, 7) is 7.00. The highest BCUT2D eigenvalue weighted by atomic mass is 16.5. The van der Waals surface area contributed by atoms with Crippen LogP contribution in [0.3, 0.4) is 0 Å². The molecule has 0 spiro atoms. The third-order valence-electron chi connectivity index (χ3n) is 4.81. The summed E-state index contributed by atoms with van der Waals surface area (Å²) in [5.41, 5.74) is -0.0261. The summed E-state index contributed by atoms with van der Waals surface area (Å²) < 4.78 is 16.4. The molecule has 6 heteroatoms. The molecular formula is C21H31NO5. The Morgan fingerprint density at radius 2 is 1.93 bits per heavy atom. The summed E-state index contributed by atoms with van der Waals surface area (Å²) in [5.74, 6) is 0.0139. The summed E-state index contributed by atoms with van der Waals surface area (Å²) in [7, 11) is 1.33. The first-order valence-corrected chi connectivity index (χ1v) is 9.76. The van der Waals surface area contributed by atoms with Gasteiger partial charge in [-0.15, -0.1) is 0 Å². The maximum absolute atomic E-state index is 12.9. The van der Waals surface area contributed by atoms with Gasteiger partial charge in [-0.25, -0.2) is 4.79 Å². The zero-order valence-corrected chi connectivity index (χ0v) is 16.8. The summed E-state index contributed by atoms with van der Waals surface area (Å²) in [4.78, 5) is 25.0. The summed E-state index contributed by atoms with van der Waals surface area (Å²) >= 11 is 0. The number of carbonyl (C=O) groups excluding carboxylic acids is 2. The lowest BCUT2D eigenvalue weighted by atomic mass is 9.98. The molecule has 1 amide bonds. The van der Waals surface area contributed by atoms with Crippen molar-refractivity contribution in [3.8, 4) is 5.75 Å². The van der Waals surface area contributed by atoms with Crippen molar-refractivity contribution in [3.05, 3.63) is 23.8 Å². The Morgan fingerprint density at radius 3 is 2.52 bits per heavy atom. The van der Waals surface area contributed by atoms with Crippen LogP contribution in [-0.4, -0.2) is 37.8 Å². The van der Waals surface area contributed by atoms with Gasteiger partial charge in [0.25, 0.3) is 5.91 Å². The Labute approximate surface area is 161 Å². The van der Waals surface area contributed by atoms with Crippen LogP contribution < -0.4 is 10.1 Å². The number of hydrogen-bond donors (Lipinski definition) is 1. The van der Waals surface area contributed by atoms with Crippen LogP contribution in [0.25, 0.3) is 0 Å². The third-order valence-corrected chi connectivity index (χ3v) is 4.81. The second-order valence-electron chi connectivity index (χ2n) is 7.09. The van der Waals surface area contributed by atoms with E-state index in [1.54, 1.807) is 18.2 Å². The molecule has 1 aliphatic carbocycles. The molecule has 0 radical (unpaired) electrons. The molecule has 1 aromatic carbocycles. The normalized spacial score (nSPS) is 15.7. The van der Waals surface area contributed by atoms with Crippen molar-refractivity contribution in [1.29, 1.82) is 0 Å². The number of esters is 1. The Hall–Kier alpha value is -2.08. The number of nitrogens with one attached hydrogen (secondary N) is 1. The number of methoxy groups -OCH3 is 1. The van der Waals surface area contributed by atoms with Crippen molar-refractivity contribution in [2.45, 2.75) is 58.5 Å². The first kappa shape index (κ1) is 21.2. The van der Waals surface area contributed by atoms with Gasteiger partial charge in [0.2, 0.25) is 0 Å². The summed E-state index contributed by atoms with van der Waals surface area (Å²) in [6, 6.07) is 5.02. The van der Waals surface area contributed by atoms with Crippen LogP contribution in [0.4, 0.5) is 5.69 Å². The lowest BCUT2D eigenvalue weighted by molar-refractivity contribution is -0.142. The van der Waals surface area contributed by atoms with Crippen LogP contribution in [0.5, 0.6) is 5.75 Å². The molecule has 1 aliphatic rings. The predicted octanol–water partition coefficient (Wildman–Crippen LogP) is 4.19. The van der Waals surface area contributed by atoms with Crippen LogP contribution in [0, 0.1) is 5.92 Å². The largest absolute Gasteiger partial charge is 0.493 e. The fraction of sp³-hybridized carbons (Fsp3) is 0.619. The van der Waals surface area contributed by atoms with Crippen molar-refractivity contribution < 1.29 is 23.8 Å². The minimum Gasteiger partial charge on any atom is -0.493 e. The highest BCUT2D eigenvalue weighted by Crippen LogP contribution is 2.42. The van der Waals surface area contributed by atoms with Gasteiger partial charge in [0, 0.05) is 12.3 Å². The van der Waals surface area contributed by atoms with E-state index in [9.17, 15) is 9.59 Å². The minimum atomic E-state index is -0.849. The molecule has 1 saturated carbocycles. The summed E-state index contributed by atoms with van der Waals surface area (Å²) in [5, 5.41) is 2.90. The molecule has 1 atom stereocenters. The van der Waals surface area contributed by atoms with Crippen molar-refractivity contribution in [2.24, 2.45) is 5.92 Å². The van der Waals surface area contributed by atoms with Gasteiger partial charge in [0.1, 0.15) is 16.9 Å². The Bertz CT molecular complexity index is 656. The monoisotopic (exact) mass is 377 g/mol. The zero-order valence-electron chi connectivity index (χ0n) is 16.8. The van der Waals surface area contributed by atoms with Crippen molar-refractivity contribution in [3.63, 3.8) is 0 Å². The molecule has 0 bridgehead atoms. The minimum absolute atomic E-state index is 0.186. The highest BCUT2D eigenvalue weighted by Gasteiger charge is 2.48. The Kier molecular flexibility index (Phi) is 7.66. The van der Waals surface area contributed by atoms with E-state index in [0.29, 0.717) is 30.2 Å². The number of carbonyl (C=O) groups is 2. The van der Waals surface area contributed by atoms with E-state index in [1.165, 1.54) is 7.11 Å². The van der Waals surface area contributed by atoms with Crippen LogP contribution in [0.2, 0.25) is 0 Å². The molecule has 1 aromatic rings. The second-order valence-corrected chi connectivity index (χ2v) is 7.09. The average molecular weight is 377 g/mol. The number of anilines is 1. The molecule has 0 unspecified atom stereocenters. The van der Waals surface area contributed by atoms with E-state index in [4.69, 9.17) is 14.2 Å². The number of benzene rings is 1. The van der Waals surface area contributed by atoms with Crippen LogP contribution in [0.15, 0.2) is 18.2 Å². The number of hydrogen-bond acceptors (Lipinski definition) is 5. The topological polar surface area (TPSA) is 73.9 Å². The molecule has 2 rings (SSSR count). The lowest BCUT2D eigenvalue weighted by Gasteiger charge is -2.28. The van der Waals surface area contributed by atoms with Gasteiger partial charge in [0.05, 0.1) is 13.7 Å². The zero-order chi connectivity index (χ0) is 19.9. The van der Waals surface area contributed by atoms with Gasteiger partial charge >= 0.3 is 5.97 Å². The second kappa shape index (κ2) is 9.74. The standard InChI is InChI=1S/C21H31NO5/c1-5-7-13-26-18-11-10-16(14-17(18)19(23)25-4)22-20(24)21(3,15-8-9-15)27-12-6-2/h10-11,14-15H,5-9,12-13H2,1-4H3,(H,22,24)/t21-/m0/s1. The van der Waals surface area contributed by atoms with E-state index in [0.717, 1.165) is 32.1 Å². The van der Waals surface area contributed by atoms with Crippen LogP contribution in [-0.2, 0) is 14.3 Å². The van der Waals surface area contributed by atoms with Gasteiger partial charge < -0.3 is 19.5 Å². The maximum Gasteiger partial charge on any atom is 0.341 e. The number of ether oxygens (including phenoxy) is 3. The average Bonchev–Trinajstić information content (AvgIpc) is 3.52. The SMILES string of the molecule is CCCCOc1ccc(NC(=O)[C@@](C)(OCCC)C2CC2)cc1C(=O)OC. The van der Waals surface area contributed by atoms with Crippen molar-refractivity contribution >= 4 is 17.6 Å². The van der Waals surface area contributed by atoms with Gasteiger partial charge in [0.15, 0.2) is 0 Å². The fourth-order valence-electron chi connectivity index (χ4n) is 2.90. The number of rotatable bonds is 11. The van der Waals surface area contributed by atoms with E-state index < -0.39 is 11.6 Å². The Balaban J connectivity index is 2.17. The third kappa shape index (κ3) is 5.45. The van der Waals surface area contributed by atoms with E-state index in [2.05, 4.69) is 12.2 Å². The molecule has 150 valence electrons. The number of unbranched alkanes of at least 4 members (excludes halogenated alkanes) is 1. The van der Waals surface area contributed by atoms with Crippen LogP contribution in [0.1, 0.15) is 63.2 Å². The van der Waals surface area contributed by atoms with E-state index in [-0.39, 0.29) is 11.8 Å². The van der Waals surface area contributed by atoms with E-state index in [1.807, 2.05) is 13.8 Å². The van der Waals surface area contributed by atoms with Crippen molar-refractivity contribution in [1.82, 2.24) is 0 Å². The first-order valence-electron chi connectivity index (χ1n) is 9.76. The van der Waals surface area contributed by atoms with Crippen molar-refractivity contribution in [2.75, 3.05) is 25.6 Å². The van der Waals surface area contributed by atoms with Crippen LogP contribution >= 0.6 is 0 Å². The maximum atomic E-state index is 12.9. The van der Waals surface area contributed by atoms with Gasteiger partial charge in [-0.3, -0.25) is 4.79 Å². The highest BCUT2D eigenvalue weighted by molar-refractivity contribution is 5.99. The smallest absolute Gasteiger partial charge is 0.341 e. The van der Waals surface area contributed by atoms with Gasteiger partial charge in [-0.2, -0.15) is 0 Å². The lowest BCUT2D eigenvalue weighted by Crippen LogP contribution is -2.45. The first-order chi connectivity index (χ1) is 13.0. The van der Waals surface area contributed by atoms with Gasteiger partial charge in [-0.1, -0.05) is 20.3 Å². The Morgan fingerprint density at radius 1 is 1.19 bits per heavy atom. The fourth-order valence-corrected chi connectivity index (χ4v) is 2.90. The summed E-state index contributed by atoms with van der Waals surface area (Å²) in [6.07, 6.45) is 4.73. The van der Waals surface area contributed by atoms with E-state index >= 15 is 0 Å².